The molecule has 1 heterocycles. The number of nitrogens with zero attached hydrogens (tertiary/aromatic N) is 2. The highest BCUT2D eigenvalue weighted by Crippen LogP contribution is 2.28. The van der Waals surface area contributed by atoms with E-state index in [2.05, 4.69) is 10.2 Å². The van der Waals surface area contributed by atoms with Crippen LogP contribution in [0, 0.1) is 0 Å². The standard InChI is InChI=1S/C15H12N2O/c18-15(12-8-9-16-17-10-12)14-7-3-5-11-4-1-2-6-13(11)14/h1-10,15,18H. The second-order valence-corrected chi connectivity index (χ2v) is 4.15. The lowest BCUT2D eigenvalue weighted by Crippen LogP contribution is -2.01. The second kappa shape index (κ2) is 4.55. The smallest absolute Gasteiger partial charge is 0.106 e. The van der Waals surface area contributed by atoms with E-state index in [0.717, 1.165) is 21.9 Å². The second-order valence-electron chi connectivity index (χ2n) is 4.15. The molecule has 0 spiro atoms. The lowest BCUT2D eigenvalue weighted by Gasteiger charge is -2.13. The Morgan fingerprint density at radius 1 is 0.889 bits per heavy atom. The highest BCUT2D eigenvalue weighted by molar-refractivity contribution is 5.86. The van der Waals surface area contributed by atoms with Crippen LogP contribution in [-0.4, -0.2) is 15.3 Å². The van der Waals surface area contributed by atoms with Gasteiger partial charge in [-0.15, -0.1) is 0 Å². The first-order valence-electron chi connectivity index (χ1n) is 5.78. The number of rotatable bonds is 2. The van der Waals surface area contributed by atoms with Crippen molar-refractivity contribution in [3.8, 4) is 0 Å². The minimum absolute atomic E-state index is 0.674. The number of benzene rings is 2. The molecular weight excluding hydrogens is 224 g/mol. The highest BCUT2D eigenvalue weighted by atomic mass is 16.3. The van der Waals surface area contributed by atoms with Crippen molar-refractivity contribution in [3.05, 3.63) is 72.1 Å². The van der Waals surface area contributed by atoms with Gasteiger partial charge in [0.1, 0.15) is 6.10 Å². The van der Waals surface area contributed by atoms with E-state index in [-0.39, 0.29) is 0 Å². The van der Waals surface area contributed by atoms with Crippen molar-refractivity contribution in [1.29, 1.82) is 0 Å². The molecule has 1 unspecified atom stereocenters. The summed E-state index contributed by atoms with van der Waals surface area (Å²) in [6.07, 6.45) is 2.50. The third-order valence-electron chi connectivity index (χ3n) is 3.04. The zero-order chi connectivity index (χ0) is 12.4. The fourth-order valence-corrected chi connectivity index (χ4v) is 2.13. The third kappa shape index (κ3) is 1.85. The summed E-state index contributed by atoms with van der Waals surface area (Å²) < 4.78 is 0. The van der Waals surface area contributed by atoms with Crippen molar-refractivity contribution in [2.75, 3.05) is 0 Å². The van der Waals surface area contributed by atoms with Gasteiger partial charge in [0.05, 0.1) is 6.20 Å². The zero-order valence-electron chi connectivity index (χ0n) is 9.69. The number of fused-ring (bicyclic) bond motifs is 1. The first-order chi connectivity index (χ1) is 8.86. The van der Waals surface area contributed by atoms with Crippen molar-refractivity contribution in [1.82, 2.24) is 10.2 Å². The Morgan fingerprint density at radius 2 is 1.72 bits per heavy atom. The molecular formula is C15H12N2O. The van der Waals surface area contributed by atoms with Crippen LogP contribution < -0.4 is 0 Å². The van der Waals surface area contributed by atoms with Gasteiger partial charge in [0.25, 0.3) is 0 Å². The van der Waals surface area contributed by atoms with E-state index in [4.69, 9.17) is 0 Å². The molecule has 0 radical (unpaired) electrons. The van der Waals surface area contributed by atoms with Crippen LogP contribution in [0.4, 0.5) is 0 Å². The van der Waals surface area contributed by atoms with Crippen LogP contribution in [0.25, 0.3) is 10.8 Å². The van der Waals surface area contributed by atoms with Gasteiger partial charge < -0.3 is 5.11 Å². The molecule has 0 amide bonds. The lowest BCUT2D eigenvalue weighted by atomic mass is 9.97. The average Bonchev–Trinajstić information content (AvgIpc) is 2.47. The Labute approximate surface area is 105 Å². The van der Waals surface area contributed by atoms with Crippen LogP contribution >= 0.6 is 0 Å². The maximum atomic E-state index is 10.4. The predicted molar refractivity (Wildman–Crippen MR) is 70.0 cm³/mol. The molecule has 0 fully saturated rings. The van der Waals surface area contributed by atoms with Crippen molar-refractivity contribution < 1.29 is 5.11 Å². The van der Waals surface area contributed by atoms with Crippen molar-refractivity contribution in [2.24, 2.45) is 0 Å². The van der Waals surface area contributed by atoms with Crippen LogP contribution in [0.1, 0.15) is 17.2 Å². The topological polar surface area (TPSA) is 46.0 Å². The van der Waals surface area contributed by atoms with Gasteiger partial charge >= 0.3 is 0 Å². The summed E-state index contributed by atoms with van der Waals surface area (Å²) in [4.78, 5) is 0. The number of aliphatic hydroxyl groups is 1. The molecule has 0 saturated carbocycles. The third-order valence-corrected chi connectivity index (χ3v) is 3.04. The molecule has 0 aliphatic heterocycles. The van der Waals surface area contributed by atoms with Gasteiger partial charge in [-0.1, -0.05) is 42.5 Å². The Balaban J connectivity index is 2.15. The first-order valence-corrected chi connectivity index (χ1v) is 5.78. The largest absolute Gasteiger partial charge is 0.384 e. The molecule has 2 aromatic carbocycles. The SMILES string of the molecule is OC(c1ccnnc1)c1cccc2ccccc12. The molecule has 18 heavy (non-hydrogen) atoms. The first kappa shape index (κ1) is 10.9. The monoisotopic (exact) mass is 236 g/mol. The van der Waals surface area contributed by atoms with E-state index in [1.54, 1.807) is 18.5 Å². The molecule has 0 aliphatic carbocycles. The Morgan fingerprint density at radius 3 is 2.56 bits per heavy atom. The fourth-order valence-electron chi connectivity index (χ4n) is 2.13. The summed E-state index contributed by atoms with van der Waals surface area (Å²) in [5.41, 5.74) is 1.64. The number of aliphatic hydroxyl groups excluding tert-OH is 1. The molecule has 3 rings (SSSR count). The van der Waals surface area contributed by atoms with Crippen LogP contribution in [0.15, 0.2) is 60.9 Å². The summed E-state index contributed by atoms with van der Waals surface area (Å²) in [6, 6.07) is 15.7. The summed E-state index contributed by atoms with van der Waals surface area (Å²) in [6.45, 7) is 0. The van der Waals surface area contributed by atoms with E-state index >= 15 is 0 Å². The summed E-state index contributed by atoms with van der Waals surface area (Å²) in [7, 11) is 0. The molecule has 0 saturated heterocycles. The number of hydrogen-bond donors (Lipinski definition) is 1. The quantitative estimate of drug-likeness (QED) is 0.744. The van der Waals surface area contributed by atoms with Crippen LogP contribution in [0.5, 0.6) is 0 Å². The minimum Gasteiger partial charge on any atom is -0.384 e. The van der Waals surface area contributed by atoms with Gasteiger partial charge in [0.2, 0.25) is 0 Å². The molecule has 1 atom stereocenters. The maximum Gasteiger partial charge on any atom is 0.106 e. The molecule has 0 aliphatic rings. The van der Waals surface area contributed by atoms with Gasteiger partial charge in [0, 0.05) is 11.8 Å². The molecule has 3 nitrogen and oxygen atoms in total. The molecule has 3 aromatic rings. The van der Waals surface area contributed by atoms with Crippen molar-refractivity contribution >= 4 is 10.8 Å². The fraction of sp³-hybridized carbons (Fsp3) is 0.0667. The summed E-state index contributed by atoms with van der Waals surface area (Å²) >= 11 is 0. The van der Waals surface area contributed by atoms with E-state index in [9.17, 15) is 5.11 Å². The van der Waals surface area contributed by atoms with E-state index in [1.807, 2.05) is 42.5 Å². The Bertz CT molecular complexity index is 662. The van der Waals surface area contributed by atoms with Gasteiger partial charge in [0.15, 0.2) is 0 Å². The van der Waals surface area contributed by atoms with Gasteiger partial charge in [-0.25, -0.2) is 0 Å². The van der Waals surface area contributed by atoms with E-state index in [1.165, 1.54) is 0 Å². The lowest BCUT2D eigenvalue weighted by molar-refractivity contribution is 0.221. The van der Waals surface area contributed by atoms with Gasteiger partial charge in [-0.3, -0.25) is 0 Å². The molecule has 0 bridgehead atoms. The predicted octanol–water partition coefficient (Wildman–Crippen LogP) is 2.71. The van der Waals surface area contributed by atoms with E-state index < -0.39 is 6.10 Å². The van der Waals surface area contributed by atoms with Crippen LogP contribution in [0.3, 0.4) is 0 Å². The van der Waals surface area contributed by atoms with E-state index in [0.29, 0.717) is 0 Å². The summed E-state index contributed by atoms with van der Waals surface area (Å²) in [5, 5.41) is 20.1. The highest BCUT2D eigenvalue weighted by Gasteiger charge is 2.13. The summed E-state index contributed by atoms with van der Waals surface area (Å²) in [5.74, 6) is 0. The maximum absolute atomic E-state index is 10.4. The normalized spacial score (nSPS) is 12.5. The molecule has 3 heteroatoms. The van der Waals surface area contributed by atoms with Crippen molar-refractivity contribution in [3.63, 3.8) is 0 Å². The molecule has 1 aromatic heterocycles. The van der Waals surface area contributed by atoms with Crippen molar-refractivity contribution in [2.45, 2.75) is 6.10 Å². The molecule has 1 N–H and O–H groups in total. The Hall–Kier alpha value is -2.26. The van der Waals surface area contributed by atoms with Gasteiger partial charge in [-0.2, -0.15) is 10.2 Å². The van der Waals surface area contributed by atoms with Crippen LogP contribution in [-0.2, 0) is 0 Å². The van der Waals surface area contributed by atoms with Crippen LogP contribution in [0.2, 0.25) is 0 Å². The van der Waals surface area contributed by atoms with Gasteiger partial charge in [-0.05, 0) is 22.4 Å². The number of hydrogen-bond acceptors (Lipinski definition) is 3. The Kier molecular flexibility index (Phi) is 2.74. The number of aromatic nitrogens is 2. The zero-order valence-corrected chi connectivity index (χ0v) is 9.69. The molecule has 88 valence electrons. The average molecular weight is 236 g/mol. The minimum atomic E-state index is -0.674.